The molecule has 1 aromatic carbocycles. The summed E-state index contributed by atoms with van der Waals surface area (Å²) < 4.78 is 1.10. The van der Waals surface area contributed by atoms with E-state index in [-0.39, 0.29) is 18.3 Å². The molecule has 0 radical (unpaired) electrons. The highest BCUT2D eigenvalue weighted by Crippen LogP contribution is 2.22. The summed E-state index contributed by atoms with van der Waals surface area (Å²) in [5.41, 5.74) is 3.66. The molecule has 2 aromatic rings. The standard InChI is InChI=1S/C13H15N3OS.ClH/c17-13(7-9-2-1-5-14-9)16-10-3-4-11-12(6-10)18-8-15-11;/h3-4,6,8-9,14H,1-2,5,7H2,(H,16,17);1H. The van der Waals surface area contributed by atoms with Gasteiger partial charge in [0.05, 0.1) is 15.7 Å². The molecule has 1 aliphatic heterocycles. The highest BCUT2D eigenvalue weighted by Gasteiger charge is 2.17. The molecule has 4 nitrogen and oxygen atoms in total. The number of nitrogens with one attached hydrogen (secondary N) is 2. The SMILES string of the molecule is Cl.O=C(CC1CCCN1)Nc1ccc2ncsc2c1. The number of amides is 1. The number of anilines is 1. The monoisotopic (exact) mass is 297 g/mol. The van der Waals surface area contributed by atoms with Crippen molar-refractivity contribution in [3.8, 4) is 0 Å². The van der Waals surface area contributed by atoms with E-state index < -0.39 is 0 Å². The quantitative estimate of drug-likeness (QED) is 0.916. The van der Waals surface area contributed by atoms with Gasteiger partial charge >= 0.3 is 0 Å². The molecule has 1 amide bonds. The lowest BCUT2D eigenvalue weighted by molar-refractivity contribution is -0.116. The van der Waals surface area contributed by atoms with Gasteiger partial charge in [0.15, 0.2) is 0 Å². The van der Waals surface area contributed by atoms with E-state index in [1.165, 1.54) is 6.42 Å². The van der Waals surface area contributed by atoms with Gasteiger partial charge in [-0.25, -0.2) is 4.98 Å². The molecule has 1 aromatic heterocycles. The van der Waals surface area contributed by atoms with Crippen molar-refractivity contribution in [1.82, 2.24) is 10.3 Å². The Kier molecular flexibility index (Phi) is 4.74. The van der Waals surface area contributed by atoms with Crippen molar-refractivity contribution in [2.45, 2.75) is 25.3 Å². The highest BCUT2D eigenvalue weighted by atomic mass is 35.5. The lowest BCUT2D eigenvalue weighted by Crippen LogP contribution is -2.27. The van der Waals surface area contributed by atoms with E-state index in [2.05, 4.69) is 15.6 Å². The molecular weight excluding hydrogens is 282 g/mol. The zero-order valence-corrected chi connectivity index (χ0v) is 12.0. The Labute approximate surface area is 122 Å². The minimum atomic E-state index is 0. The normalized spacial score (nSPS) is 18.2. The van der Waals surface area contributed by atoms with Gasteiger partial charge in [-0.2, -0.15) is 0 Å². The van der Waals surface area contributed by atoms with Gasteiger partial charge in [-0.3, -0.25) is 4.79 Å². The first kappa shape index (κ1) is 14.2. The van der Waals surface area contributed by atoms with Crippen LogP contribution in [0.5, 0.6) is 0 Å². The third-order valence-corrected chi connectivity index (χ3v) is 4.00. The Morgan fingerprint density at radius 3 is 3.21 bits per heavy atom. The van der Waals surface area contributed by atoms with Crippen molar-refractivity contribution in [3.05, 3.63) is 23.7 Å². The van der Waals surface area contributed by atoms with E-state index in [1.54, 1.807) is 11.3 Å². The number of hydrogen-bond donors (Lipinski definition) is 2. The number of rotatable bonds is 3. The molecule has 0 aliphatic carbocycles. The van der Waals surface area contributed by atoms with Crippen LogP contribution in [0.4, 0.5) is 5.69 Å². The van der Waals surface area contributed by atoms with E-state index in [0.29, 0.717) is 12.5 Å². The van der Waals surface area contributed by atoms with Crippen LogP contribution in [-0.4, -0.2) is 23.5 Å². The number of carbonyl (C=O) groups excluding carboxylic acids is 1. The van der Waals surface area contributed by atoms with Crippen molar-refractivity contribution in [1.29, 1.82) is 0 Å². The summed E-state index contributed by atoms with van der Waals surface area (Å²) in [7, 11) is 0. The number of halogens is 1. The first-order chi connectivity index (χ1) is 8.81. The zero-order valence-electron chi connectivity index (χ0n) is 10.4. The van der Waals surface area contributed by atoms with E-state index in [4.69, 9.17) is 0 Å². The van der Waals surface area contributed by atoms with Crippen LogP contribution >= 0.6 is 23.7 Å². The van der Waals surface area contributed by atoms with Crippen LogP contribution in [-0.2, 0) is 4.79 Å². The molecular formula is C13H16ClN3OS. The van der Waals surface area contributed by atoms with Crippen LogP contribution < -0.4 is 10.6 Å². The van der Waals surface area contributed by atoms with Crippen LogP contribution in [0.3, 0.4) is 0 Å². The van der Waals surface area contributed by atoms with E-state index in [9.17, 15) is 4.79 Å². The average Bonchev–Trinajstić information content (AvgIpc) is 2.98. The number of aromatic nitrogens is 1. The van der Waals surface area contributed by atoms with Crippen molar-refractivity contribution in [2.24, 2.45) is 0 Å². The summed E-state index contributed by atoms with van der Waals surface area (Å²) in [5.74, 6) is 0.0817. The Hall–Kier alpha value is -1.17. The van der Waals surface area contributed by atoms with E-state index in [0.717, 1.165) is 28.9 Å². The highest BCUT2D eigenvalue weighted by molar-refractivity contribution is 7.16. The summed E-state index contributed by atoms with van der Waals surface area (Å²) >= 11 is 1.59. The number of nitrogens with zero attached hydrogens (tertiary/aromatic N) is 1. The van der Waals surface area contributed by atoms with Crippen molar-refractivity contribution < 1.29 is 4.79 Å². The topological polar surface area (TPSA) is 54.0 Å². The zero-order chi connectivity index (χ0) is 12.4. The van der Waals surface area contributed by atoms with Gasteiger partial charge in [-0.1, -0.05) is 0 Å². The van der Waals surface area contributed by atoms with E-state index in [1.807, 2.05) is 23.7 Å². The lowest BCUT2D eigenvalue weighted by Gasteiger charge is -2.10. The molecule has 102 valence electrons. The van der Waals surface area contributed by atoms with Crippen LogP contribution in [0.1, 0.15) is 19.3 Å². The molecule has 1 unspecified atom stereocenters. The molecule has 2 heterocycles. The van der Waals surface area contributed by atoms with Crippen LogP contribution in [0.15, 0.2) is 23.7 Å². The van der Waals surface area contributed by atoms with E-state index >= 15 is 0 Å². The minimum Gasteiger partial charge on any atom is -0.326 e. The van der Waals surface area contributed by atoms with Gasteiger partial charge in [-0.05, 0) is 37.6 Å². The number of fused-ring (bicyclic) bond motifs is 1. The molecule has 19 heavy (non-hydrogen) atoms. The predicted molar refractivity (Wildman–Crippen MR) is 81.1 cm³/mol. The molecule has 1 saturated heterocycles. The van der Waals surface area contributed by atoms with Crippen molar-refractivity contribution in [3.63, 3.8) is 0 Å². The second-order valence-electron chi connectivity index (χ2n) is 4.58. The predicted octanol–water partition coefficient (Wildman–Crippen LogP) is 2.80. The van der Waals surface area contributed by atoms with Crippen LogP contribution in [0.2, 0.25) is 0 Å². The van der Waals surface area contributed by atoms with Crippen molar-refractivity contribution >= 4 is 45.6 Å². The van der Waals surface area contributed by atoms with Gasteiger partial charge < -0.3 is 10.6 Å². The summed E-state index contributed by atoms with van der Waals surface area (Å²) in [5, 5.41) is 6.28. The number of hydrogen-bond acceptors (Lipinski definition) is 4. The van der Waals surface area contributed by atoms with Crippen LogP contribution in [0.25, 0.3) is 10.2 Å². The second-order valence-corrected chi connectivity index (χ2v) is 5.47. The van der Waals surface area contributed by atoms with Gasteiger partial charge in [0.25, 0.3) is 0 Å². The first-order valence-corrected chi connectivity index (χ1v) is 7.06. The number of carbonyl (C=O) groups is 1. The molecule has 1 atom stereocenters. The third kappa shape index (κ3) is 3.43. The summed E-state index contributed by atoms with van der Waals surface area (Å²) in [4.78, 5) is 16.1. The second kappa shape index (κ2) is 6.32. The maximum atomic E-state index is 11.9. The summed E-state index contributed by atoms with van der Waals surface area (Å²) in [6.45, 7) is 1.03. The molecule has 6 heteroatoms. The lowest BCUT2D eigenvalue weighted by atomic mass is 10.1. The average molecular weight is 298 g/mol. The molecule has 2 N–H and O–H groups in total. The van der Waals surface area contributed by atoms with Gasteiger partial charge in [0, 0.05) is 18.2 Å². The number of thiazole rings is 1. The van der Waals surface area contributed by atoms with Gasteiger partial charge in [0.1, 0.15) is 0 Å². The van der Waals surface area contributed by atoms with Gasteiger partial charge in [-0.15, -0.1) is 23.7 Å². The fourth-order valence-corrected chi connectivity index (χ4v) is 3.02. The minimum absolute atomic E-state index is 0. The third-order valence-electron chi connectivity index (χ3n) is 3.21. The molecule has 1 fully saturated rings. The molecule has 0 saturated carbocycles. The fraction of sp³-hybridized carbons (Fsp3) is 0.385. The largest absolute Gasteiger partial charge is 0.326 e. The molecule has 3 rings (SSSR count). The Balaban J connectivity index is 0.00000133. The Morgan fingerprint density at radius 1 is 1.53 bits per heavy atom. The Bertz CT molecular complexity index is 566. The molecule has 0 spiro atoms. The van der Waals surface area contributed by atoms with Gasteiger partial charge in [0.2, 0.25) is 5.91 Å². The maximum Gasteiger partial charge on any atom is 0.225 e. The fourth-order valence-electron chi connectivity index (χ4n) is 2.30. The smallest absolute Gasteiger partial charge is 0.225 e. The van der Waals surface area contributed by atoms with Crippen LogP contribution in [0, 0.1) is 0 Å². The summed E-state index contributed by atoms with van der Waals surface area (Å²) in [6.07, 6.45) is 2.83. The number of benzene rings is 1. The maximum absolute atomic E-state index is 11.9. The molecule has 0 bridgehead atoms. The Morgan fingerprint density at radius 2 is 2.42 bits per heavy atom. The van der Waals surface area contributed by atoms with Crippen molar-refractivity contribution in [2.75, 3.05) is 11.9 Å². The molecule has 1 aliphatic rings. The first-order valence-electron chi connectivity index (χ1n) is 6.18. The summed E-state index contributed by atoms with van der Waals surface area (Å²) in [6, 6.07) is 6.17.